The number of nitrogens with zero attached hydrogens (tertiary/aromatic N) is 3. The molecule has 3 aromatic rings. The Morgan fingerprint density at radius 1 is 1.38 bits per heavy atom. The van der Waals surface area contributed by atoms with Crippen molar-refractivity contribution in [3.05, 3.63) is 59.2 Å². The number of ether oxygens (including phenoxy) is 1. The van der Waals surface area contributed by atoms with E-state index >= 15 is 0 Å². The Hall–Kier alpha value is -3.09. The van der Waals surface area contributed by atoms with Crippen molar-refractivity contribution in [2.45, 2.75) is 19.9 Å². The largest absolute Gasteiger partial charge is 0.493 e. The van der Waals surface area contributed by atoms with Gasteiger partial charge in [0.15, 0.2) is 11.5 Å². The topological polar surface area (TPSA) is 82.2 Å². The summed E-state index contributed by atoms with van der Waals surface area (Å²) in [5, 5.41) is 10.8. The van der Waals surface area contributed by atoms with Crippen LogP contribution in [-0.4, -0.2) is 27.5 Å². The molecular formula is C17H16N4O3. The van der Waals surface area contributed by atoms with Gasteiger partial charge in [-0.2, -0.15) is 5.10 Å². The summed E-state index contributed by atoms with van der Waals surface area (Å²) in [6.45, 7) is 3.08. The second-order valence-electron chi connectivity index (χ2n) is 5.77. The van der Waals surface area contributed by atoms with Gasteiger partial charge in [0.25, 0.3) is 5.91 Å². The molecule has 1 N–H and O–H groups in total. The number of anilines is 1. The highest BCUT2D eigenvalue weighted by Gasteiger charge is 2.16. The predicted molar refractivity (Wildman–Crippen MR) is 86.2 cm³/mol. The summed E-state index contributed by atoms with van der Waals surface area (Å²) < 4.78 is 12.4. The number of amides is 1. The van der Waals surface area contributed by atoms with Crippen molar-refractivity contribution >= 4 is 11.6 Å². The van der Waals surface area contributed by atoms with E-state index in [1.165, 1.54) is 0 Å². The third-order valence-electron chi connectivity index (χ3n) is 3.82. The van der Waals surface area contributed by atoms with Crippen LogP contribution in [0.1, 0.15) is 27.4 Å². The molecule has 4 rings (SSSR count). The lowest BCUT2D eigenvalue weighted by molar-refractivity contribution is 0.101. The van der Waals surface area contributed by atoms with Gasteiger partial charge >= 0.3 is 0 Å². The van der Waals surface area contributed by atoms with Crippen LogP contribution in [0.25, 0.3) is 0 Å². The van der Waals surface area contributed by atoms with E-state index in [1.54, 1.807) is 16.9 Å². The highest BCUT2D eigenvalue weighted by molar-refractivity contribution is 6.02. The van der Waals surface area contributed by atoms with E-state index in [1.807, 2.05) is 31.3 Å². The van der Waals surface area contributed by atoms with E-state index in [9.17, 15) is 4.79 Å². The Labute approximate surface area is 138 Å². The summed E-state index contributed by atoms with van der Waals surface area (Å²) in [6.07, 6.45) is 4.52. The summed E-state index contributed by atoms with van der Waals surface area (Å²) >= 11 is 0. The number of hydrogen-bond acceptors (Lipinski definition) is 5. The Balaban J connectivity index is 1.45. The Kier molecular flexibility index (Phi) is 3.53. The predicted octanol–water partition coefficient (Wildman–Crippen LogP) is 2.42. The monoisotopic (exact) mass is 324 g/mol. The molecule has 1 amide bonds. The first-order valence-corrected chi connectivity index (χ1v) is 7.69. The average molecular weight is 324 g/mol. The molecule has 0 fully saturated rings. The van der Waals surface area contributed by atoms with E-state index in [0.29, 0.717) is 18.9 Å². The van der Waals surface area contributed by atoms with E-state index in [2.05, 4.69) is 15.6 Å². The summed E-state index contributed by atoms with van der Waals surface area (Å²) in [4.78, 5) is 12.3. The van der Waals surface area contributed by atoms with E-state index in [-0.39, 0.29) is 11.6 Å². The lowest BCUT2D eigenvalue weighted by Crippen LogP contribution is -2.12. The molecule has 0 unspecified atom stereocenters. The number of fused-ring (bicyclic) bond motifs is 1. The molecule has 0 bridgehead atoms. The molecule has 1 aliphatic rings. The molecule has 7 heteroatoms. The second-order valence-corrected chi connectivity index (χ2v) is 5.77. The summed E-state index contributed by atoms with van der Waals surface area (Å²) in [5.41, 5.74) is 3.12. The number of aryl methyl sites for hydroxylation is 1. The van der Waals surface area contributed by atoms with Crippen LogP contribution in [0.15, 0.2) is 41.2 Å². The molecule has 3 heterocycles. The zero-order valence-corrected chi connectivity index (χ0v) is 13.2. The first-order chi connectivity index (χ1) is 11.7. The fourth-order valence-electron chi connectivity index (χ4n) is 2.67. The number of hydrogen-bond donors (Lipinski definition) is 1. The summed E-state index contributed by atoms with van der Waals surface area (Å²) in [7, 11) is 0. The minimum atomic E-state index is -0.305. The lowest BCUT2D eigenvalue weighted by atomic mass is 10.1. The van der Waals surface area contributed by atoms with Gasteiger partial charge < -0.3 is 14.6 Å². The molecule has 0 atom stereocenters. The van der Waals surface area contributed by atoms with Crippen molar-refractivity contribution in [1.82, 2.24) is 14.9 Å². The van der Waals surface area contributed by atoms with Gasteiger partial charge in [-0.25, -0.2) is 0 Å². The minimum absolute atomic E-state index is 0.241. The van der Waals surface area contributed by atoms with Crippen molar-refractivity contribution in [2.24, 2.45) is 0 Å². The molecule has 0 saturated heterocycles. The van der Waals surface area contributed by atoms with Crippen molar-refractivity contribution in [3.63, 3.8) is 0 Å². The van der Waals surface area contributed by atoms with Gasteiger partial charge in [0.2, 0.25) is 0 Å². The van der Waals surface area contributed by atoms with Gasteiger partial charge in [-0.3, -0.25) is 9.48 Å². The molecule has 0 saturated carbocycles. The second kappa shape index (κ2) is 5.84. The normalized spacial score (nSPS) is 12.7. The highest BCUT2D eigenvalue weighted by Crippen LogP contribution is 2.28. The maximum Gasteiger partial charge on any atom is 0.277 e. The lowest BCUT2D eigenvalue weighted by Gasteiger charge is -2.04. The number of carbonyl (C=O) groups excluding carboxylic acids is 1. The van der Waals surface area contributed by atoms with Gasteiger partial charge in [0.05, 0.1) is 12.8 Å². The molecule has 0 aliphatic carbocycles. The van der Waals surface area contributed by atoms with Crippen LogP contribution in [0.5, 0.6) is 5.75 Å². The molecular weight excluding hydrogens is 308 g/mol. The number of nitrogens with one attached hydrogen (secondary N) is 1. The van der Waals surface area contributed by atoms with E-state index < -0.39 is 0 Å². The molecule has 0 spiro atoms. The van der Waals surface area contributed by atoms with Crippen LogP contribution in [0.4, 0.5) is 5.69 Å². The maximum absolute atomic E-state index is 12.3. The number of carbonyl (C=O) groups is 1. The van der Waals surface area contributed by atoms with E-state index in [4.69, 9.17) is 9.26 Å². The van der Waals surface area contributed by atoms with Gasteiger partial charge in [0, 0.05) is 24.4 Å². The summed E-state index contributed by atoms with van der Waals surface area (Å²) in [5.74, 6) is 1.15. The minimum Gasteiger partial charge on any atom is -0.493 e. The number of aromatic nitrogens is 3. The molecule has 2 aromatic heterocycles. The van der Waals surface area contributed by atoms with Gasteiger partial charge in [-0.05, 0) is 36.2 Å². The van der Waals surface area contributed by atoms with Crippen LogP contribution in [0.2, 0.25) is 0 Å². The smallest absolute Gasteiger partial charge is 0.277 e. The van der Waals surface area contributed by atoms with Crippen molar-refractivity contribution in [1.29, 1.82) is 0 Å². The molecule has 24 heavy (non-hydrogen) atoms. The van der Waals surface area contributed by atoms with Crippen LogP contribution < -0.4 is 10.1 Å². The van der Waals surface area contributed by atoms with Crippen LogP contribution >= 0.6 is 0 Å². The molecule has 0 radical (unpaired) electrons. The first kappa shape index (κ1) is 14.5. The van der Waals surface area contributed by atoms with Gasteiger partial charge in [-0.15, -0.1) is 0 Å². The third-order valence-corrected chi connectivity index (χ3v) is 3.82. The Bertz CT molecular complexity index is 897. The van der Waals surface area contributed by atoms with Crippen molar-refractivity contribution in [2.75, 3.05) is 11.9 Å². The molecule has 122 valence electrons. The fraction of sp³-hybridized carbons (Fsp3) is 0.235. The summed E-state index contributed by atoms with van der Waals surface area (Å²) in [6, 6.07) is 7.23. The molecule has 1 aliphatic heterocycles. The van der Waals surface area contributed by atoms with E-state index in [0.717, 1.165) is 29.0 Å². The zero-order chi connectivity index (χ0) is 16.5. The number of rotatable bonds is 4. The van der Waals surface area contributed by atoms with Crippen molar-refractivity contribution < 1.29 is 14.1 Å². The molecule has 1 aromatic carbocycles. The third kappa shape index (κ3) is 2.88. The standard InChI is InChI=1S/C17H16N4O3/c1-11-8-18-21(9-11)10-14-7-15(20-24-14)17(22)19-13-2-3-16-12(6-13)4-5-23-16/h2-3,6-9H,4-5,10H2,1H3,(H,19,22). The van der Waals surface area contributed by atoms with Gasteiger partial charge in [-0.1, -0.05) is 5.16 Å². The quantitative estimate of drug-likeness (QED) is 0.797. The average Bonchev–Trinajstić information content (AvgIpc) is 3.28. The van der Waals surface area contributed by atoms with Crippen LogP contribution in [-0.2, 0) is 13.0 Å². The van der Waals surface area contributed by atoms with Crippen LogP contribution in [0.3, 0.4) is 0 Å². The maximum atomic E-state index is 12.3. The highest BCUT2D eigenvalue weighted by atomic mass is 16.5. The SMILES string of the molecule is Cc1cnn(Cc2cc(C(=O)Nc3ccc4c(c3)CCO4)no2)c1. The Morgan fingerprint density at radius 2 is 2.29 bits per heavy atom. The first-order valence-electron chi connectivity index (χ1n) is 7.69. The zero-order valence-electron chi connectivity index (χ0n) is 13.2. The van der Waals surface area contributed by atoms with Crippen molar-refractivity contribution in [3.8, 4) is 5.75 Å². The molecule has 7 nitrogen and oxygen atoms in total. The van der Waals surface area contributed by atoms with Crippen LogP contribution in [0, 0.1) is 6.92 Å². The number of benzene rings is 1. The fourth-order valence-corrected chi connectivity index (χ4v) is 2.67. The van der Waals surface area contributed by atoms with Gasteiger partial charge in [0.1, 0.15) is 12.3 Å². The Morgan fingerprint density at radius 3 is 3.12 bits per heavy atom.